The van der Waals surface area contributed by atoms with Crippen LogP contribution in [0.2, 0.25) is 0 Å². The van der Waals surface area contributed by atoms with Gasteiger partial charge in [0.05, 0.1) is 0 Å². The van der Waals surface area contributed by atoms with E-state index in [1.54, 1.807) is 5.57 Å². The van der Waals surface area contributed by atoms with Gasteiger partial charge in [0.15, 0.2) is 0 Å². The van der Waals surface area contributed by atoms with E-state index in [1.807, 2.05) is 14.2 Å². The minimum Gasteiger partial charge on any atom is -0.399 e. The molecule has 4 unspecified atom stereocenters. The zero-order valence-electron chi connectivity index (χ0n) is 12.9. The first kappa shape index (κ1) is 13.7. The van der Waals surface area contributed by atoms with Crippen LogP contribution in [0.4, 0.5) is 0 Å². The van der Waals surface area contributed by atoms with Crippen LogP contribution in [-0.2, 0) is 8.85 Å². The van der Waals surface area contributed by atoms with Crippen molar-refractivity contribution in [1.82, 2.24) is 0 Å². The van der Waals surface area contributed by atoms with Gasteiger partial charge in [-0.15, -0.1) is 0 Å². The van der Waals surface area contributed by atoms with Crippen LogP contribution >= 0.6 is 0 Å². The van der Waals surface area contributed by atoms with Gasteiger partial charge >= 0.3 is 9.28 Å². The molecule has 3 heteroatoms. The number of hydrogen-bond acceptors (Lipinski definition) is 2. The Labute approximate surface area is 129 Å². The summed E-state index contributed by atoms with van der Waals surface area (Å²) in [6, 6.07) is 8.82. The molecule has 0 radical (unpaired) electrons. The standard InChI is InChI=1S/C18H24O2Si/c1-19-21(20-2)18-15-6-4-3-5-13(15)11-17(18)16-10-12-7-8-14(16)9-12/h3-6,11-12,14,16,18,21H,7-10H2,1-2H3. The first-order valence-electron chi connectivity index (χ1n) is 8.17. The molecule has 3 aliphatic carbocycles. The summed E-state index contributed by atoms with van der Waals surface area (Å²) in [5.41, 5.74) is 4.88. The van der Waals surface area contributed by atoms with Crippen molar-refractivity contribution in [2.45, 2.75) is 31.2 Å². The number of hydrogen-bond donors (Lipinski definition) is 0. The van der Waals surface area contributed by atoms with Gasteiger partial charge < -0.3 is 8.85 Å². The number of allylic oxidation sites excluding steroid dienone is 1. The summed E-state index contributed by atoms with van der Waals surface area (Å²) in [7, 11) is 1.95. The SMILES string of the molecule is CO[SiH](OC)C1C(C2CC3CCC2C3)=Cc2ccccc21. The molecule has 2 saturated carbocycles. The third-order valence-corrected chi connectivity index (χ3v) is 8.13. The first-order chi connectivity index (χ1) is 10.3. The van der Waals surface area contributed by atoms with E-state index in [-0.39, 0.29) is 0 Å². The quantitative estimate of drug-likeness (QED) is 0.790. The second-order valence-corrected chi connectivity index (χ2v) is 9.22. The molecule has 2 nitrogen and oxygen atoms in total. The van der Waals surface area contributed by atoms with E-state index in [9.17, 15) is 0 Å². The highest BCUT2D eigenvalue weighted by Gasteiger charge is 2.46. The maximum absolute atomic E-state index is 5.79. The van der Waals surface area contributed by atoms with E-state index in [0.29, 0.717) is 5.54 Å². The molecule has 0 aromatic heterocycles. The Balaban J connectivity index is 1.72. The molecule has 0 heterocycles. The van der Waals surface area contributed by atoms with Gasteiger partial charge in [-0.1, -0.05) is 42.3 Å². The summed E-state index contributed by atoms with van der Waals surface area (Å²) >= 11 is 0. The van der Waals surface area contributed by atoms with Crippen molar-refractivity contribution in [3.05, 3.63) is 41.0 Å². The molecule has 0 amide bonds. The van der Waals surface area contributed by atoms with Crippen LogP contribution in [0.25, 0.3) is 6.08 Å². The summed E-state index contributed by atoms with van der Waals surface area (Å²) < 4.78 is 11.6. The van der Waals surface area contributed by atoms with Crippen LogP contribution in [0.5, 0.6) is 0 Å². The average molecular weight is 300 g/mol. The largest absolute Gasteiger partial charge is 0.399 e. The predicted molar refractivity (Wildman–Crippen MR) is 87.3 cm³/mol. The lowest BCUT2D eigenvalue weighted by molar-refractivity contribution is 0.266. The summed E-state index contributed by atoms with van der Waals surface area (Å²) in [5, 5.41) is 0. The molecule has 2 fully saturated rings. The summed E-state index contributed by atoms with van der Waals surface area (Å²) in [5.74, 6) is 2.68. The molecule has 3 aliphatic rings. The van der Waals surface area contributed by atoms with Gasteiger partial charge in [0.1, 0.15) is 0 Å². The fourth-order valence-electron chi connectivity index (χ4n) is 5.04. The van der Waals surface area contributed by atoms with Crippen LogP contribution in [0, 0.1) is 17.8 Å². The molecule has 0 aliphatic heterocycles. The molecule has 0 N–H and O–H groups in total. The van der Waals surface area contributed by atoms with E-state index < -0.39 is 9.28 Å². The fourth-order valence-corrected chi connectivity index (χ4v) is 7.03. The Hall–Kier alpha value is -0.903. The van der Waals surface area contributed by atoms with Gasteiger partial charge in [-0.05, 0) is 48.1 Å². The van der Waals surface area contributed by atoms with Crippen LogP contribution in [0.3, 0.4) is 0 Å². The molecule has 4 rings (SSSR count). The third-order valence-electron chi connectivity index (χ3n) is 5.92. The molecular weight excluding hydrogens is 276 g/mol. The summed E-state index contributed by atoms with van der Waals surface area (Å²) in [6.45, 7) is 0. The minimum absolute atomic E-state index is 0.417. The second-order valence-electron chi connectivity index (χ2n) is 6.87. The van der Waals surface area contributed by atoms with Crippen molar-refractivity contribution in [2.75, 3.05) is 14.2 Å². The van der Waals surface area contributed by atoms with Gasteiger partial charge in [0.2, 0.25) is 0 Å². The molecule has 4 atom stereocenters. The topological polar surface area (TPSA) is 18.5 Å². The van der Waals surface area contributed by atoms with Crippen molar-refractivity contribution >= 4 is 15.4 Å². The summed E-state index contributed by atoms with van der Waals surface area (Å²) in [4.78, 5) is 0. The molecule has 0 spiro atoms. The minimum atomic E-state index is -1.69. The lowest BCUT2D eigenvalue weighted by Crippen LogP contribution is -2.32. The average Bonchev–Trinajstić information content (AvgIpc) is 3.22. The highest BCUT2D eigenvalue weighted by atomic mass is 28.3. The molecule has 1 aromatic rings. The van der Waals surface area contributed by atoms with Crippen molar-refractivity contribution in [3.63, 3.8) is 0 Å². The van der Waals surface area contributed by atoms with Crippen LogP contribution < -0.4 is 0 Å². The zero-order valence-corrected chi connectivity index (χ0v) is 14.1. The molecule has 112 valence electrons. The monoisotopic (exact) mass is 300 g/mol. The number of rotatable bonds is 4. The molecular formula is C18H24O2Si. The maximum Gasteiger partial charge on any atom is 0.332 e. The zero-order chi connectivity index (χ0) is 14.4. The van der Waals surface area contributed by atoms with E-state index >= 15 is 0 Å². The Kier molecular flexibility index (Phi) is 3.52. The Morgan fingerprint density at radius 2 is 1.86 bits per heavy atom. The van der Waals surface area contributed by atoms with Gasteiger partial charge in [0, 0.05) is 19.8 Å². The molecule has 21 heavy (non-hydrogen) atoms. The van der Waals surface area contributed by atoms with Crippen molar-refractivity contribution in [3.8, 4) is 0 Å². The normalized spacial score (nSPS) is 33.6. The highest BCUT2D eigenvalue weighted by Crippen LogP contribution is 2.55. The molecule has 2 bridgehead atoms. The predicted octanol–water partition coefficient (Wildman–Crippen LogP) is 3.66. The number of benzene rings is 1. The van der Waals surface area contributed by atoms with Crippen molar-refractivity contribution in [2.24, 2.45) is 17.8 Å². The van der Waals surface area contributed by atoms with E-state index in [1.165, 1.54) is 36.8 Å². The third kappa shape index (κ3) is 2.14. The van der Waals surface area contributed by atoms with Gasteiger partial charge in [-0.2, -0.15) is 0 Å². The fraction of sp³-hybridized carbons (Fsp3) is 0.556. The lowest BCUT2D eigenvalue weighted by atomic mass is 9.82. The van der Waals surface area contributed by atoms with Gasteiger partial charge in [-0.3, -0.25) is 0 Å². The Morgan fingerprint density at radius 3 is 2.52 bits per heavy atom. The summed E-state index contributed by atoms with van der Waals surface area (Å²) in [6.07, 6.45) is 8.21. The van der Waals surface area contributed by atoms with Gasteiger partial charge in [-0.25, -0.2) is 0 Å². The van der Waals surface area contributed by atoms with Crippen molar-refractivity contribution < 1.29 is 8.85 Å². The van der Waals surface area contributed by atoms with Gasteiger partial charge in [0.25, 0.3) is 0 Å². The lowest BCUT2D eigenvalue weighted by Gasteiger charge is -2.30. The van der Waals surface area contributed by atoms with Crippen LogP contribution in [0.15, 0.2) is 29.8 Å². The highest BCUT2D eigenvalue weighted by molar-refractivity contribution is 6.48. The molecule has 0 saturated heterocycles. The van der Waals surface area contributed by atoms with Crippen LogP contribution in [-0.4, -0.2) is 23.5 Å². The van der Waals surface area contributed by atoms with Crippen molar-refractivity contribution in [1.29, 1.82) is 0 Å². The van der Waals surface area contributed by atoms with E-state index in [0.717, 1.165) is 17.8 Å². The Morgan fingerprint density at radius 1 is 1.05 bits per heavy atom. The van der Waals surface area contributed by atoms with E-state index in [4.69, 9.17) is 8.85 Å². The number of fused-ring (bicyclic) bond motifs is 3. The van der Waals surface area contributed by atoms with E-state index in [2.05, 4.69) is 30.3 Å². The first-order valence-corrected chi connectivity index (χ1v) is 9.78. The molecule has 1 aromatic carbocycles. The Bertz CT molecular complexity index is 564. The second kappa shape index (κ2) is 5.38. The maximum atomic E-state index is 5.79. The van der Waals surface area contributed by atoms with Crippen LogP contribution in [0.1, 0.15) is 42.4 Å². The smallest absolute Gasteiger partial charge is 0.332 e.